The number of carbonyl (C=O) groups excluding carboxylic acids is 2. The Morgan fingerprint density at radius 2 is 1.85 bits per heavy atom. The average Bonchev–Trinajstić information content (AvgIpc) is 2.59. The van der Waals surface area contributed by atoms with Crippen molar-refractivity contribution in [2.24, 2.45) is 11.8 Å². The molecule has 1 aromatic carbocycles. The third-order valence-electron chi connectivity index (χ3n) is 4.30. The number of ether oxygens (including phenoxy) is 2. The van der Waals surface area contributed by atoms with E-state index in [2.05, 4.69) is 33.5 Å². The predicted molar refractivity (Wildman–Crippen MR) is 102 cm³/mol. The molecule has 1 aliphatic heterocycles. The number of methoxy groups -OCH3 is 2. The maximum atomic E-state index is 11.8. The SMILES string of the molecule is COC(=O)/C=C(/Nc1ccc(N2CC(C)CC(C)C2)c(Cl)c1)C(=O)OC. The van der Waals surface area contributed by atoms with E-state index in [-0.39, 0.29) is 5.70 Å². The summed E-state index contributed by atoms with van der Waals surface area (Å²) in [4.78, 5) is 25.6. The van der Waals surface area contributed by atoms with Crippen LogP contribution in [0.5, 0.6) is 0 Å². The second-order valence-corrected chi connectivity index (χ2v) is 7.12. The van der Waals surface area contributed by atoms with E-state index in [1.54, 1.807) is 6.07 Å². The fourth-order valence-corrected chi connectivity index (χ4v) is 3.59. The van der Waals surface area contributed by atoms with Crippen LogP contribution in [0.1, 0.15) is 20.3 Å². The second kappa shape index (κ2) is 8.94. The van der Waals surface area contributed by atoms with Gasteiger partial charge in [0.05, 0.1) is 31.0 Å². The Bertz CT molecular complexity index is 695. The molecule has 0 bridgehead atoms. The molecule has 0 radical (unpaired) electrons. The molecule has 1 N–H and O–H groups in total. The fourth-order valence-electron chi connectivity index (χ4n) is 3.29. The van der Waals surface area contributed by atoms with Crippen LogP contribution in [0.15, 0.2) is 30.0 Å². The van der Waals surface area contributed by atoms with Crippen molar-refractivity contribution in [3.05, 3.63) is 35.0 Å². The second-order valence-electron chi connectivity index (χ2n) is 6.71. The van der Waals surface area contributed by atoms with Crippen LogP contribution >= 0.6 is 11.6 Å². The zero-order valence-electron chi connectivity index (χ0n) is 15.5. The van der Waals surface area contributed by atoms with Gasteiger partial charge in [-0.2, -0.15) is 0 Å². The first-order valence-corrected chi connectivity index (χ1v) is 8.91. The topological polar surface area (TPSA) is 67.9 Å². The van der Waals surface area contributed by atoms with E-state index in [0.717, 1.165) is 24.9 Å². The molecule has 2 unspecified atom stereocenters. The van der Waals surface area contributed by atoms with Crippen LogP contribution in [0.3, 0.4) is 0 Å². The lowest BCUT2D eigenvalue weighted by molar-refractivity contribution is -0.138. The summed E-state index contributed by atoms with van der Waals surface area (Å²) in [7, 11) is 2.48. The summed E-state index contributed by atoms with van der Waals surface area (Å²) >= 11 is 6.48. The van der Waals surface area contributed by atoms with Crippen LogP contribution in [-0.2, 0) is 19.1 Å². The molecule has 1 fully saturated rings. The van der Waals surface area contributed by atoms with Crippen molar-refractivity contribution in [3.63, 3.8) is 0 Å². The standard InChI is InChI=1S/C19H25ClN2O4/c1-12-7-13(2)11-22(10-12)17-6-5-14(8-15(17)20)21-16(19(24)26-4)9-18(23)25-3/h5-6,8-9,12-13,21H,7,10-11H2,1-4H3/b16-9+. The molecule has 2 rings (SSSR count). The highest BCUT2D eigenvalue weighted by Gasteiger charge is 2.23. The predicted octanol–water partition coefficient (Wildman–Crippen LogP) is 3.46. The highest BCUT2D eigenvalue weighted by Crippen LogP contribution is 2.33. The Labute approximate surface area is 159 Å². The van der Waals surface area contributed by atoms with E-state index in [9.17, 15) is 9.59 Å². The molecule has 2 atom stereocenters. The van der Waals surface area contributed by atoms with Gasteiger partial charge in [0.1, 0.15) is 5.70 Å². The first kappa shape index (κ1) is 20.1. The third kappa shape index (κ3) is 5.14. The molecule has 1 aliphatic rings. The summed E-state index contributed by atoms with van der Waals surface area (Å²) in [5.41, 5.74) is 1.52. The molecule has 142 valence electrons. The van der Waals surface area contributed by atoms with Crippen molar-refractivity contribution in [2.75, 3.05) is 37.5 Å². The summed E-state index contributed by atoms with van der Waals surface area (Å²) < 4.78 is 9.24. The highest BCUT2D eigenvalue weighted by molar-refractivity contribution is 6.33. The maximum absolute atomic E-state index is 11.8. The van der Waals surface area contributed by atoms with Gasteiger partial charge in [0.15, 0.2) is 0 Å². The van der Waals surface area contributed by atoms with Crippen LogP contribution in [0.25, 0.3) is 0 Å². The fraction of sp³-hybridized carbons (Fsp3) is 0.474. The smallest absolute Gasteiger partial charge is 0.354 e. The molecule has 0 aliphatic carbocycles. The molecule has 0 spiro atoms. The van der Waals surface area contributed by atoms with Crippen molar-refractivity contribution < 1.29 is 19.1 Å². The van der Waals surface area contributed by atoms with Gasteiger partial charge in [0.2, 0.25) is 0 Å². The van der Waals surface area contributed by atoms with E-state index in [0.29, 0.717) is 22.5 Å². The maximum Gasteiger partial charge on any atom is 0.354 e. The number of esters is 2. The molecule has 26 heavy (non-hydrogen) atoms. The Morgan fingerprint density at radius 3 is 2.38 bits per heavy atom. The van der Waals surface area contributed by atoms with Crippen molar-refractivity contribution in [1.29, 1.82) is 0 Å². The van der Waals surface area contributed by atoms with Gasteiger partial charge in [-0.25, -0.2) is 9.59 Å². The number of nitrogens with one attached hydrogen (secondary N) is 1. The molecule has 1 heterocycles. The van der Waals surface area contributed by atoms with E-state index >= 15 is 0 Å². The zero-order valence-corrected chi connectivity index (χ0v) is 16.3. The molecule has 6 nitrogen and oxygen atoms in total. The number of benzene rings is 1. The van der Waals surface area contributed by atoms with Gasteiger partial charge >= 0.3 is 11.9 Å². The lowest BCUT2D eigenvalue weighted by atomic mass is 9.91. The molecular formula is C19H25ClN2O4. The van der Waals surface area contributed by atoms with Crippen LogP contribution in [0.4, 0.5) is 11.4 Å². The summed E-state index contributed by atoms with van der Waals surface area (Å²) in [6.45, 7) is 6.42. The largest absolute Gasteiger partial charge is 0.466 e. The first-order valence-electron chi connectivity index (χ1n) is 8.53. The van der Waals surface area contributed by atoms with E-state index in [1.807, 2.05) is 12.1 Å². The molecule has 1 saturated heterocycles. The average molecular weight is 381 g/mol. The number of hydrogen-bond donors (Lipinski definition) is 1. The molecule has 7 heteroatoms. The van der Waals surface area contributed by atoms with E-state index in [4.69, 9.17) is 11.6 Å². The quantitative estimate of drug-likeness (QED) is 0.623. The van der Waals surface area contributed by atoms with Gasteiger partial charge in [0, 0.05) is 18.8 Å². The minimum atomic E-state index is -0.672. The lowest BCUT2D eigenvalue weighted by Gasteiger charge is -2.37. The van der Waals surface area contributed by atoms with Crippen LogP contribution in [0, 0.1) is 11.8 Å². The number of nitrogens with zero attached hydrogens (tertiary/aromatic N) is 1. The van der Waals surface area contributed by atoms with Crippen molar-refractivity contribution in [3.8, 4) is 0 Å². The minimum Gasteiger partial charge on any atom is -0.466 e. The Hall–Kier alpha value is -2.21. The van der Waals surface area contributed by atoms with E-state index < -0.39 is 11.9 Å². The Morgan fingerprint density at radius 1 is 1.19 bits per heavy atom. The zero-order chi connectivity index (χ0) is 19.3. The minimum absolute atomic E-state index is 0.0246. The van der Waals surface area contributed by atoms with E-state index in [1.165, 1.54) is 20.6 Å². The number of hydrogen-bond acceptors (Lipinski definition) is 6. The monoisotopic (exact) mass is 380 g/mol. The molecule has 0 amide bonds. The number of piperidine rings is 1. The molecule has 0 aromatic heterocycles. The summed E-state index contributed by atoms with van der Waals surface area (Å²) in [5.74, 6) is -0.103. The van der Waals surface area contributed by atoms with Gasteiger partial charge in [-0.15, -0.1) is 0 Å². The van der Waals surface area contributed by atoms with Crippen molar-refractivity contribution in [1.82, 2.24) is 0 Å². The molecule has 1 aromatic rings. The number of carbonyl (C=O) groups is 2. The van der Waals surface area contributed by atoms with Gasteiger partial charge in [-0.1, -0.05) is 25.4 Å². The van der Waals surface area contributed by atoms with Crippen LogP contribution in [-0.4, -0.2) is 39.2 Å². The van der Waals surface area contributed by atoms with Crippen LogP contribution < -0.4 is 10.2 Å². The number of anilines is 2. The molecular weight excluding hydrogens is 356 g/mol. The number of rotatable bonds is 5. The lowest BCUT2D eigenvalue weighted by Crippen LogP contribution is -2.38. The summed E-state index contributed by atoms with van der Waals surface area (Å²) in [5, 5.41) is 3.45. The third-order valence-corrected chi connectivity index (χ3v) is 4.61. The first-order chi connectivity index (χ1) is 12.3. The Kier molecular flexibility index (Phi) is 6.91. The van der Waals surface area contributed by atoms with Crippen LogP contribution in [0.2, 0.25) is 5.02 Å². The van der Waals surface area contributed by atoms with Gasteiger partial charge in [-0.05, 0) is 36.5 Å². The normalized spacial score (nSPS) is 20.5. The van der Waals surface area contributed by atoms with Gasteiger partial charge in [0.25, 0.3) is 0 Å². The van der Waals surface area contributed by atoms with Gasteiger partial charge in [-0.3, -0.25) is 0 Å². The van der Waals surface area contributed by atoms with Crippen molar-refractivity contribution >= 4 is 34.9 Å². The van der Waals surface area contributed by atoms with Crippen molar-refractivity contribution in [2.45, 2.75) is 20.3 Å². The number of halogens is 1. The molecule has 0 saturated carbocycles. The highest BCUT2D eigenvalue weighted by atomic mass is 35.5. The summed E-state index contributed by atoms with van der Waals surface area (Å²) in [6.07, 6.45) is 2.26. The van der Waals surface area contributed by atoms with Gasteiger partial charge < -0.3 is 19.7 Å². The summed E-state index contributed by atoms with van der Waals surface area (Å²) in [6, 6.07) is 5.47. The Balaban J connectivity index is 2.21.